The normalized spacial score (nSPS) is 14.7. The lowest BCUT2D eigenvalue weighted by molar-refractivity contribution is 0.415. The molecule has 0 bridgehead atoms. The summed E-state index contributed by atoms with van der Waals surface area (Å²) in [6, 6.07) is 7.38. The largest absolute Gasteiger partial charge is 0.495 e. The zero-order valence-corrected chi connectivity index (χ0v) is 11.9. The summed E-state index contributed by atoms with van der Waals surface area (Å²) in [5.41, 5.74) is 9.52. The van der Waals surface area contributed by atoms with Gasteiger partial charge < -0.3 is 15.4 Å². The maximum atomic E-state index is 8.79. The van der Waals surface area contributed by atoms with Gasteiger partial charge in [-0.05, 0) is 25.0 Å². The zero-order valence-electron chi connectivity index (χ0n) is 11.9. The van der Waals surface area contributed by atoms with Gasteiger partial charge in [0.2, 0.25) is 5.71 Å². The second-order valence-electron chi connectivity index (χ2n) is 4.68. The summed E-state index contributed by atoms with van der Waals surface area (Å²) >= 11 is 0. The van der Waals surface area contributed by atoms with Crippen LogP contribution in [-0.2, 0) is 0 Å². The van der Waals surface area contributed by atoms with Gasteiger partial charge in [0.05, 0.1) is 18.5 Å². The van der Waals surface area contributed by atoms with Gasteiger partial charge in [-0.25, -0.2) is 0 Å². The van der Waals surface area contributed by atoms with Crippen LogP contribution in [0.4, 0.5) is 11.4 Å². The van der Waals surface area contributed by atoms with Crippen molar-refractivity contribution in [3.05, 3.63) is 18.2 Å². The van der Waals surface area contributed by atoms with Gasteiger partial charge in [-0.1, -0.05) is 0 Å². The third kappa shape index (κ3) is 3.42. The highest BCUT2D eigenvalue weighted by Gasteiger charge is 2.16. The minimum Gasteiger partial charge on any atom is -0.495 e. The fourth-order valence-corrected chi connectivity index (χ4v) is 2.23. The molecular formula is C14H18N6O. The Morgan fingerprint density at radius 3 is 2.76 bits per heavy atom. The third-order valence-electron chi connectivity index (χ3n) is 3.28. The summed E-state index contributed by atoms with van der Waals surface area (Å²) in [6.07, 6.45) is 2.38. The molecule has 1 aliphatic heterocycles. The number of ether oxygens (including phenoxy) is 1. The fourth-order valence-electron chi connectivity index (χ4n) is 2.23. The first-order valence-electron chi connectivity index (χ1n) is 6.67. The van der Waals surface area contributed by atoms with E-state index in [-0.39, 0.29) is 11.5 Å². The maximum absolute atomic E-state index is 8.79. The van der Waals surface area contributed by atoms with Crippen molar-refractivity contribution in [1.29, 1.82) is 10.7 Å². The van der Waals surface area contributed by atoms with Crippen molar-refractivity contribution in [2.75, 3.05) is 30.5 Å². The van der Waals surface area contributed by atoms with Crippen molar-refractivity contribution >= 4 is 22.9 Å². The number of benzene rings is 1. The van der Waals surface area contributed by atoms with Crippen LogP contribution in [0.5, 0.6) is 5.75 Å². The van der Waals surface area contributed by atoms with Crippen LogP contribution in [0.25, 0.3) is 0 Å². The zero-order chi connectivity index (χ0) is 15.2. The van der Waals surface area contributed by atoms with E-state index in [0.29, 0.717) is 5.69 Å². The molecule has 21 heavy (non-hydrogen) atoms. The van der Waals surface area contributed by atoms with Crippen LogP contribution < -0.4 is 20.8 Å². The van der Waals surface area contributed by atoms with Crippen LogP contribution >= 0.6 is 0 Å². The fraction of sp³-hybridized carbons (Fsp3) is 0.357. The minimum absolute atomic E-state index is 0.155. The predicted octanol–water partition coefficient (Wildman–Crippen LogP) is 1.52. The second-order valence-corrected chi connectivity index (χ2v) is 4.68. The summed E-state index contributed by atoms with van der Waals surface area (Å²) in [7, 11) is 1.62. The van der Waals surface area contributed by atoms with Crippen LogP contribution in [0.15, 0.2) is 23.3 Å². The first-order chi connectivity index (χ1) is 10.2. The van der Waals surface area contributed by atoms with E-state index in [4.69, 9.17) is 21.1 Å². The Kier molecular flexibility index (Phi) is 4.61. The molecule has 1 fully saturated rings. The predicted molar refractivity (Wildman–Crippen MR) is 83.0 cm³/mol. The van der Waals surface area contributed by atoms with Crippen molar-refractivity contribution < 1.29 is 4.74 Å². The minimum atomic E-state index is -0.370. The monoisotopic (exact) mass is 286 g/mol. The molecule has 0 atom stereocenters. The molecule has 0 amide bonds. The van der Waals surface area contributed by atoms with Crippen molar-refractivity contribution in [2.45, 2.75) is 12.8 Å². The third-order valence-corrected chi connectivity index (χ3v) is 3.28. The first-order valence-corrected chi connectivity index (χ1v) is 6.67. The standard InChI is InChI=1S/C14H18N6O/c1-21-13-8-10(18-19-11(9-15)14(16)17)4-5-12(13)20-6-2-3-7-20/h4-5,8,18H,2-3,6-7H2,1H3,(H3,16,17)/b19-11+. The highest BCUT2D eigenvalue weighted by atomic mass is 16.5. The van der Waals surface area contributed by atoms with E-state index in [0.717, 1.165) is 24.5 Å². The number of methoxy groups -OCH3 is 1. The lowest BCUT2D eigenvalue weighted by atomic mass is 10.2. The summed E-state index contributed by atoms with van der Waals surface area (Å²) in [4.78, 5) is 2.28. The number of nitrogens with two attached hydrogens (primary N) is 1. The Morgan fingerprint density at radius 1 is 1.48 bits per heavy atom. The second kappa shape index (κ2) is 6.61. The lowest BCUT2D eigenvalue weighted by Crippen LogP contribution is -2.22. The molecule has 1 aliphatic rings. The topological polar surface area (TPSA) is 111 Å². The molecule has 0 saturated carbocycles. The first kappa shape index (κ1) is 14.7. The molecule has 4 N–H and O–H groups in total. The number of rotatable bonds is 5. The van der Waals surface area contributed by atoms with E-state index >= 15 is 0 Å². The van der Waals surface area contributed by atoms with Crippen LogP contribution in [0.2, 0.25) is 0 Å². The van der Waals surface area contributed by atoms with Crippen LogP contribution in [0, 0.1) is 16.7 Å². The van der Waals surface area contributed by atoms with Crippen LogP contribution in [-0.4, -0.2) is 31.7 Å². The van der Waals surface area contributed by atoms with E-state index < -0.39 is 0 Å². The summed E-state index contributed by atoms with van der Waals surface area (Å²) in [5.74, 6) is 0.379. The molecule has 1 aromatic rings. The number of nitriles is 1. The van der Waals surface area contributed by atoms with Gasteiger partial charge in [0.25, 0.3) is 0 Å². The number of hydrazone groups is 1. The Hall–Kier alpha value is -2.75. The molecule has 1 saturated heterocycles. The number of nitrogens with zero attached hydrogens (tertiary/aromatic N) is 3. The van der Waals surface area contributed by atoms with E-state index in [9.17, 15) is 0 Å². The molecule has 0 unspecified atom stereocenters. The Bertz CT molecular complexity index is 598. The number of nitrogens with one attached hydrogen (secondary N) is 2. The molecule has 1 heterocycles. The number of hydrogen-bond acceptors (Lipinski definition) is 6. The molecule has 0 radical (unpaired) electrons. The van der Waals surface area contributed by atoms with E-state index in [1.54, 1.807) is 13.2 Å². The number of anilines is 2. The molecule has 0 aliphatic carbocycles. The van der Waals surface area contributed by atoms with Gasteiger partial charge in [0.1, 0.15) is 11.8 Å². The average Bonchev–Trinajstić information content (AvgIpc) is 3.01. The Morgan fingerprint density at radius 2 is 2.19 bits per heavy atom. The SMILES string of the molecule is COc1cc(N/N=C(\C#N)C(=N)N)ccc1N1CCCC1. The molecular weight excluding hydrogens is 268 g/mol. The van der Waals surface area contributed by atoms with Gasteiger partial charge >= 0.3 is 0 Å². The van der Waals surface area contributed by atoms with Crippen LogP contribution in [0.3, 0.4) is 0 Å². The Balaban J connectivity index is 2.19. The average molecular weight is 286 g/mol. The molecule has 7 nitrogen and oxygen atoms in total. The smallest absolute Gasteiger partial charge is 0.201 e. The van der Waals surface area contributed by atoms with Gasteiger partial charge in [-0.3, -0.25) is 10.8 Å². The van der Waals surface area contributed by atoms with Crippen LogP contribution in [0.1, 0.15) is 12.8 Å². The van der Waals surface area contributed by atoms with Crippen molar-refractivity contribution in [2.24, 2.45) is 10.8 Å². The van der Waals surface area contributed by atoms with Gasteiger partial charge in [0.15, 0.2) is 5.84 Å². The van der Waals surface area contributed by atoms with Gasteiger partial charge in [-0.15, -0.1) is 0 Å². The molecule has 1 aromatic carbocycles. The molecule has 0 spiro atoms. The summed E-state index contributed by atoms with van der Waals surface area (Å²) in [6.45, 7) is 2.06. The van der Waals surface area contributed by atoms with Crippen molar-refractivity contribution in [1.82, 2.24) is 0 Å². The van der Waals surface area contributed by atoms with Crippen molar-refractivity contribution in [3.8, 4) is 11.8 Å². The number of hydrogen-bond donors (Lipinski definition) is 3. The molecule has 2 rings (SSSR count). The van der Waals surface area contributed by atoms with E-state index in [1.807, 2.05) is 18.2 Å². The number of amidine groups is 1. The highest BCUT2D eigenvalue weighted by Crippen LogP contribution is 2.33. The maximum Gasteiger partial charge on any atom is 0.201 e. The molecule has 0 aromatic heterocycles. The quantitative estimate of drug-likeness (QED) is 0.432. The lowest BCUT2D eigenvalue weighted by Gasteiger charge is -2.21. The molecule has 7 heteroatoms. The van der Waals surface area contributed by atoms with E-state index in [2.05, 4.69) is 15.4 Å². The van der Waals surface area contributed by atoms with Gasteiger partial charge in [0, 0.05) is 19.2 Å². The Labute approximate surface area is 123 Å². The molecule has 110 valence electrons. The highest BCUT2D eigenvalue weighted by molar-refractivity contribution is 6.45. The van der Waals surface area contributed by atoms with E-state index in [1.165, 1.54) is 12.8 Å². The summed E-state index contributed by atoms with van der Waals surface area (Å²) in [5, 5.41) is 19.8. The van der Waals surface area contributed by atoms with Crippen molar-refractivity contribution in [3.63, 3.8) is 0 Å². The van der Waals surface area contributed by atoms with Gasteiger partial charge in [-0.2, -0.15) is 10.4 Å². The summed E-state index contributed by atoms with van der Waals surface area (Å²) < 4.78 is 5.42.